The van der Waals surface area contributed by atoms with Gasteiger partial charge < -0.3 is 0 Å². The van der Waals surface area contributed by atoms with Crippen molar-refractivity contribution in [2.45, 2.75) is 0 Å². The fourth-order valence-electron chi connectivity index (χ4n) is 0.723. The van der Waals surface area contributed by atoms with Gasteiger partial charge >= 0.3 is 0 Å². The van der Waals surface area contributed by atoms with Gasteiger partial charge in [-0.05, 0) is 5.56 Å². The largest absolute Gasteiger partial charge is 0.115 e. The Kier molecular flexibility index (Phi) is 5.13. The van der Waals surface area contributed by atoms with E-state index in [1.54, 1.807) is 0 Å². The molecular weight excluding hydrogens is 144 g/mol. The zero-order valence-electron chi connectivity index (χ0n) is 7.09. The summed E-state index contributed by atoms with van der Waals surface area (Å²) in [5, 5.41) is 0. The molecule has 1 aromatic carbocycles. The number of hydrogen-bond donors (Lipinski definition) is 0. The van der Waals surface area contributed by atoms with Crippen LogP contribution in [0.1, 0.15) is 5.56 Å². The van der Waals surface area contributed by atoms with Crippen LogP contribution in [-0.2, 0) is 0 Å². The second kappa shape index (κ2) is 6.00. The fraction of sp³-hybridized carbons (Fsp3) is 0. The second-order valence-electron chi connectivity index (χ2n) is 1.99. The minimum Gasteiger partial charge on any atom is -0.115 e. The van der Waals surface area contributed by atoms with Gasteiger partial charge in [0.2, 0.25) is 0 Å². The van der Waals surface area contributed by atoms with Gasteiger partial charge in [0.05, 0.1) is 0 Å². The highest BCUT2D eigenvalue weighted by atomic mass is 13.9. The highest BCUT2D eigenvalue weighted by Crippen LogP contribution is 2.08. The number of rotatable bonds is 1. The third kappa shape index (κ3) is 2.90. The third-order valence-corrected chi connectivity index (χ3v) is 1.30. The Balaban J connectivity index is 0.000000561. The lowest BCUT2D eigenvalue weighted by Gasteiger charge is -1.94. The van der Waals surface area contributed by atoms with Gasteiger partial charge in [-0.25, -0.2) is 0 Å². The van der Waals surface area contributed by atoms with Gasteiger partial charge in [-0.15, -0.1) is 19.6 Å². The van der Waals surface area contributed by atoms with Crippen molar-refractivity contribution in [1.29, 1.82) is 0 Å². The molecule has 0 atom stereocenters. The van der Waals surface area contributed by atoms with Crippen LogP contribution in [0.5, 0.6) is 0 Å². The first-order chi connectivity index (χ1) is 5.84. The van der Waals surface area contributed by atoms with Crippen LogP contribution in [0.25, 0.3) is 5.57 Å². The van der Waals surface area contributed by atoms with Gasteiger partial charge in [0.25, 0.3) is 0 Å². The first kappa shape index (κ1) is 10.3. The lowest BCUT2D eigenvalue weighted by molar-refractivity contribution is 1.64. The summed E-state index contributed by atoms with van der Waals surface area (Å²) in [5.74, 6) is 2.49. The van der Waals surface area contributed by atoms with Crippen molar-refractivity contribution in [2.75, 3.05) is 0 Å². The summed E-state index contributed by atoms with van der Waals surface area (Å²) in [5.41, 5.74) is 1.76. The highest BCUT2D eigenvalue weighted by Gasteiger charge is 1.89. The number of allylic oxidation sites excluding steroid dienone is 1. The second-order valence-corrected chi connectivity index (χ2v) is 1.99. The Morgan fingerprint density at radius 3 is 2.08 bits per heavy atom. The number of terminal acetylenes is 1. The van der Waals surface area contributed by atoms with Crippen LogP contribution in [0.3, 0.4) is 0 Å². The van der Waals surface area contributed by atoms with Gasteiger partial charge in [-0.1, -0.05) is 42.8 Å². The molecule has 60 valence electrons. The molecule has 0 aromatic heterocycles. The Morgan fingerprint density at radius 2 is 1.67 bits per heavy atom. The van der Waals surface area contributed by atoms with E-state index < -0.39 is 0 Å². The van der Waals surface area contributed by atoms with Crippen LogP contribution in [0.15, 0.2) is 50.1 Å². The molecule has 0 aliphatic carbocycles. The standard InChI is InChI=1S/C10H8.C2H4/c1-3-9(2)10-7-5-4-6-8-10;1-2/h1,4-8H,2H2;1-2H2. The minimum atomic E-state index is 0.737. The Hall–Kier alpha value is -1.74. The van der Waals surface area contributed by atoms with Crippen molar-refractivity contribution in [3.63, 3.8) is 0 Å². The van der Waals surface area contributed by atoms with Crippen LogP contribution in [-0.4, -0.2) is 0 Å². The van der Waals surface area contributed by atoms with Crippen molar-refractivity contribution in [3.8, 4) is 12.3 Å². The number of benzene rings is 1. The van der Waals surface area contributed by atoms with E-state index in [2.05, 4.69) is 25.7 Å². The predicted molar refractivity (Wildman–Crippen MR) is 55.6 cm³/mol. The first-order valence-corrected chi connectivity index (χ1v) is 3.55. The molecule has 0 amide bonds. The van der Waals surface area contributed by atoms with Gasteiger partial charge in [-0.2, -0.15) is 0 Å². The average Bonchev–Trinajstić information content (AvgIpc) is 2.21. The fourth-order valence-corrected chi connectivity index (χ4v) is 0.723. The molecule has 0 nitrogen and oxygen atoms in total. The van der Waals surface area contributed by atoms with Crippen LogP contribution < -0.4 is 0 Å². The van der Waals surface area contributed by atoms with Crippen LogP contribution in [0.4, 0.5) is 0 Å². The van der Waals surface area contributed by atoms with Gasteiger partial charge in [0.1, 0.15) is 0 Å². The Labute approximate surface area is 74.2 Å². The lowest BCUT2D eigenvalue weighted by Crippen LogP contribution is -1.75. The van der Waals surface area contributed by atoms with Crippen molar-refractivity contribution >= 4 is 5.57 Å². The van der Waals surface area contributed by atoms with Gasteiger partial charge in [0.15, 0.2) is 0 Å². The molecule has 0 aliphatic rings. The van der Waals surface area contributed by atoms with Crippen molar-refractivity contribution in [2.24, 2.45) is 0 Å². The summed E-state index contributed by atoms with van der Waals surface area (Å²) in [6.07, 6.45) is 5.15. The smallest absolute Gasteiger partial charge is 0.0243 e. The molecule has 1 aromatic rings. The molecule has 1 rings (SSSR count). The molecule has 0 fully saturated rings. The topological polar surface area (TPSA) is 0 Å². The van der Waals surface area contributed by atoms with E-state index in [0.29, 0.717) is 0 Å². The Morgan fingerprint density at radius 1 is 1.17 bits per heavy atom. The quantitative estimate of drug-likeness (QED) is 0.433. The van der Waals surface area contributed by atoms with Crippen LogP contribution in [0, 0.1) is 12.3 Å². The van der Waals surface area contributed by atoms with Crippen LogP contribution >= 0.6 is 0 Å². The molecule has 0 bridgehead atoms. The maximum absolute atomic E-state index is 5.15. The zero-order chi connectivity index (χ0) is 9.40. The van der Waals surface area contributed by atoms with Crippen molar-refractivity contribution in [3.05, 3.63) is 55.6 Å². The molecule has 0 unspecified atom stereocenters. The first-order valence-electron chi connectivity index (χ1n) is 3.55. The predicted octanol–water partition coefficient (Wildman–Crippen LogP) is 3.14. The van der Waals surface area contributed by atoms with Crippen molar-refractivity contribution in [1.82, 2.24) is 0 Å². The maximum atomic E-state index is 5.15. The van der Waals surface area contributed by atoms with Gasteiger partial charge in [0, 0.05) is 5.57 Å². The zero-order valence-corrected chi connectivity index (χ0v) is 7.09. The van der Waals surface area contributed by atoms with Gasteiger partial charge in [-0.3, -0.25) is 0 Å². The molecule has 0 heterocycles. The normalized spacial score (nSPS) is 7.25. The van der Waals surface area contributed by atoms with Crippen molar-refractivity contribution < 1.29 is 0 Å². The average molecular weight is 156 g/mol. The molecule has 0 saturated heterocycles. The van der Waals surface area contributed by atoms with Crippen LogP contribution in [0.2, 0.25) is 0 Å². The van der Waals surface area contributed by atoms with E-state index in [0.717, 1.165) is 11.1 Å². The maximum Gasteiger partial charge on any atom is 0.0243 e. The van der Waals surface area contributed by atoms with E-state index in [4.69, 9.17) is 6.42 Å². The molecule has 0 saturated carbocycles. The van der Waals surface area contributed by atoms with E-state index in [1.807, 2.05) is 30.3 Å². The molecule has 0 N–H and O–H groups in total. The molecule has 0 aliphatic heterocycles. The minimum absolute atomic E-state index is 0.737. The van der Waals surface area contributed by atoms with E-state index in [1.165, 1.54) is 0 Å². The summed E-state index contributed by atoms with van der Waals surface area (Å²) in [6.45, 7) is 9.71. The molecule has 0 spiro atoms. The summed E-state index contributed by atoms with van der Waals surface area (Å²) >= 11 is 0. The summed E-state index contributed by atoms with van der Waals surface area (Å²) in [6, 6.07) is 9.73. The highest BCUT2D eigenvalue weighted by molar-refractivity contribution is 5.75. The Bertz CT molecular complexity index is 275. The third-order valence-electron chi connectivity index (χ3n) is 1.30. The molecule has 0 heteroatoms. The summed E-state index contributed by atoms with van der Waals surface area (Å²) < 4.78 is 0. The molecular formula is C12H12. The monoisotopic (exact) mass is 156 g/mol. The lowest BCUT2D eigenvalue weighted by atomic mass is 10.1. The van der Waals surface area contributed by atoms with E-state index >= 15 is 0 Å². The van der Waals surface area contributed by atoms with E-state index in [9.17, 15) is 0 Å². The van der Waals surface area contributed by atoms with E-state index in [-0.39, 0.29) is 0 Å². The summed E-state index contributed by atoms with van der Waals surface area (Å²) in [4.78, 5) is 0. The molecule has 0 radical (unpaired) electrons. The summed E-state index contributed by atoms with van der Waals surface area (Å²) in [7, 11) is 0. The molecule has 12 heavy (non-hydrogen) atoms. The number of hydrogen-bond acceptors (Lipinski definition) is 0. The SMILES string of the molecule is C#CC(=C)c1ccccc1.C=C.